The van der Waals surface area contributed by atoms with Crippen molar-refractivity contribution in [3.63, 3.8) is 0 Å². The van der Waals surface area contributed by atoms with Crippen LogP contribution in [0.2, 0.25) is 0 Å². The number of carbonyl (C=O) groups excluding carboxylic acids is 1. The van der Waals surface area contributed by atoms with Crippen LogP contribution >= 0.6 is 0 Å². The van der Waals surface area contributed by atoms with Gasteiger partial charge in [-0.3, -0.25) is 4.79 Å². The van der Waals surface area contributed by atoms with Gasteiger partial charge < -0.3 is 16.2 Å². The summed E-state index contributed by atoms with van der Waals surface area (Å²) in [5, 5.41) is 11.5. The fourth-order valence-corrected chi connectivity index (χ4v) is 2.12. The monoisotopic (exact) mass is 214 g/mol. The van der Waals surface area contributed by atoms with Crippen molar-refractivity contribution in [1.29, 1.82) is 0 Å². The van der Waals surface area contributed by atoms with Crippen molar-refractivity contribution in [3.05, 3.63) is 0 Å². The van der Waals surface area contributed by atoms with Crippen LogP contribution in [0.1, 0.15) is 45.4 Å². The molecule has 4 heteroatoms. The summed E-state index contributed by atoms with van der Waals surface area (Å²) >= 11 is 0. The maximum absolute atomic E-state index is 11.6. The number of aliphatic hydroxyl groups is 1. The van der Waals surface area contributed by atoms with Gasteiger partial charge in [0.15, 0.2) is 0 Å². The average molecular weight is 214 g/mol. The summed E-state index contributed by atoms with van der Waals surface area (Å²) in [6, 6.07) is -0.176. The lowest BCUT2D eigenvalue weighted by molar-refractivity contribution is -0.123. The van der Waals surface area contributed by atoms with Gasteiger partial charge in [-0.25, -0.2) is 0 Å². The van der Waals surface area contributed by atoms with Crippen molar-refractivity contribution in [2.24, 2.45) is 5.73 Å². The van der Waals surface area contributed by atoms with Crippen LogP contribution in [0.15, 0.2) is 0 Å². The predicted molar refractivity (Wildman–Crippen MR) is 59.3 cm³/mol. The Bertz CT molecular complexity index is 213. The van der Waals surface area contributed by atoms with E-state index in [1.54, 1.807) is 6.92 Å². The van der Waals surface area contributed by atoms with Gasteiger partial charge in [-0.1, -0.05) is 19.3 Å². The Morgan fingerprint density at radius 2 is 2.07 bits per heavy atom. The highest BCUT2D eigenvalue weighted by Gasteiger charge is 2.30. The summed E-state index contributed by atoms with van der Waals surface area (Å²) in [6.45, 7) is 1.76. The minimum absolute atomic E-state index is 0.0245. The maximum atomic E-state index is 11.6. The molecule has 0 spiro atoms. The molecule has 1 amide bonds. The zero-order valence-corrected chi connectivity index (χ0v) is 9.46. The first-order valence-corrected chi connectivity index (χ1v) is 5.75. The van der Waals surface area contributed by atoms with Gasteiger partial charge >= 0.3 is 0 Å². The number of aliphatic hydroxyl groups excluding tert-OH is 1. The maximum Gasteiger partial charge on any atom is 0.222 e. The highest BCUT2D eigenvalue weighted by Crippen LogP contribution is 2.28. The molecule has 1 atom stereocenters. The second-order valence-electron chi connectivity index (χ2n) is 4.75. The zero-order chi connectivity index (χ0) is 11.3. The quantitative estimate of drug-likeness (QED) is 0.639. The van der Waals surface area contributed by atoms with E-state index in [-0.39, 0.29) is 24.1 Å². The molecular weight excluding hydrogens is 192 g/mol. The molecular formula is C11H22N2O2. The van der Waals surface area contributed by atoms with Crippen LogP contribution in [-0.2, 0) is 4.79 Å². The molecule has 88 valence electrons. The Morgan fingerprint density at radius 3 is 2.60 bits per heavy atom. The first-order valence-electron chi connectivity index (χ1n) is 5.75. The molecule has 0 aromatic heterocycles. The second-order valence-corrected chi connectivity index (χ2v) is 4.75. The molecule has 4 N–H and O–H groups in total. The van der Waals surface area contributed by atoms with Crippen molar-refractivity contribution in [2.45, 2.75) is 57.0 Å². The minimum Gasteiger partial charge on any atom is -0.394 e. The summed E-state index contributed by atoms with van der Waals surface area (Å²) in [5.41, 5.74) is 5.85. The molecule has 0 unspecified atom stereocenters. The number of nitrogens with two attached hydrogens (primary N) is 1. The van der Waals surface area contributed by atoms with E-state index in [0.717, 1.165) is 25.7 Å². The number of amides is 1. The summed E-state index contributed by atoms with van der Waals surface area (Å²) in [5.74, 6) is -0.0408. The van der Waals surface area contributed by atoms with Gasteiger partial charge in [-0.15, -0.1) is 0 Å². The average Bonchev–Trinajstić information content (AvgIpc) is 2.17. The van der Waals surface area contributed by atoms with Crippen LogP contribution in [-0.4, -0.2) is 29.2 Å². The van der Waals surface area contributed by atoms with Gasteiger partial charge in [0.1, 0.15) is 0 Å². The number of hydrogen-bond acceptors (Lipinski definition) is 3. The van der Waals surface area contributed by atoms with Crippen molar-refractivity contribution in [3.8, 4) is 0 Å². The topological polar surface area (TPSA) is 75.3 Å². The molecule has 1 rings (SSSR count). The summed E-state index contributed by atoms with van der Waals surface area (Å²) < 4.78 is 0. The Hall–Kier alpha value is -0.610. The number of hydrogen-bond donors (Lipinski definition) is 3. The first-order chi connectivity index (χ1) is 7.06. The molecule has 4 nitrogen and oxygen atoms in total. The lowest BCUT2D eigenvalue weighted by Gasteiger charge is -2.33. The molecule has 1 fully saturated rings. The number of carbonyl (C=O) groups is 1. The molecule has 15 heavy (non-hydrogen) atoms. The van der Waals surface area contributed by atoms with Crippen molar-refractivity contribution >= 4 is 5.91 Å². The molecule has 0 radical (unpaired) electrons. The molecule has 1 saturated carbocycles. The van der Waals surface area contributed by atoms with Crippen molar-refractivity contribution < 1.29 is 9.90 Å². The zero-order valence-electron chi connectivity index (χ0n) is 9.46. The lowest BCUT2D eigenvalue weighted by Crippen LogP contribution is -2.47. The molecule has 0 bridgehead atoms. The van der Waals surface area contributed by atoms with Crippen LogP contribution in [0, 0.1) is 0 Å². The molecule has 1 aliphatic rings. The van der Waals surface area contributed by atoms with E-state index in [1.165, 1.54) is 6.42 Å². The van der Waals surface area contributed by atoms with E-state index < -0.39 is 0 Å². The van der Waals surface area contributed by atoms with Gasteiger partial charge in [-0.2, -0.15) is 0 Å². The lowest BCUT2D eigenvalue weighted by atomic mass is 9.80. The molecule has 0 aromatic rings. The van der Waals surface area contributed by atoms with Gasteiger partial charge in [0.2, 0.25) is 5.91 Å². The number of rotatable bonds is 4. The Balaban J connectivity index is 2.35. The van der Waals surface area contributed by atoms with Gasteiger partial charge in [0, 0.05) is 18.0 Å². The smallest absolute Gasteiger partial charge is 0.222 e. The van der Waals surface area contributed by atoms with E-state index in [9.17, 15) is 4.79 Å². The van der Waals surface area contributed by atoms with Crippen LogP contribution in [0.25, 0.3) is 0 Å². The first kappa shape index (κ1) is 12.5. The molecule has 0 saturated heterocycles. The fourth-order valence-electron chi connectivity index (χ4n) is 2.12. The van der Waals surface area contributed by atoms with Gasteiger partial charge in [-0.05, 0) is 19.8 Å². The van der Waals surface area contributed by atoms with Gasteiger partial charge in [0.25, 0.3) is 0 Å². The Morgan fingerprint density at radius 1 is 1.47 bits per heavy atom. The Labute approximate surface area is 91.2 Å². The third-order valence-electron chi connectivity index (χ3n) is 3.04. The third-order valence-corrected chi connectivity index (χ3v) is 3.04. The summed E-state index contributed by atoms with van der Waals surface area (Å²) in [4.78, 5) is 11.6. The second kappa shape index (κ2) is 5.47. The van der Waals surface area contributed by atoms with E-state index in [2.05, 4.69) is 5.32 Å². The number of nitrogens with one attached hydrogen (secondary N) is 1. The predicted octanol–water partition coefficient (Wildman–Crippen LogP) is 0.535. The molecule has 0 aromatic carbocycles. The van der Waals surface area contributed by atoms with Crippen LogP contribution < -0.4 is 11.1 Å². The largest absolute Gasteiger partial charge is 0.394 e. The van der Waals surface area contributed by atoms with E-state index >= 15 is 0 Å². The fraction of sp³-hybridized carbons (Fsp3) is 0.909. The van der Waals surface area contributed by atoms with E-state index in [1.807, 2.05) is 0 Å². The van der Waals surface area contributed by atoms with Crippen LogP contribution in [0.4, 0.5) is 0 Å². The Kier molecular flexibility index (Phi) is 4.54. The van der Waals surface area contributed by atoms with E-state index in [0.29, 0.717) is 6.42 Å². The highest BCUT2D eigenvalue weighted by atomic mass is 16.3. The van der Waals surface area contributed by atoms with Crippen LogP contribution in [0.3, 0.4) is 0 Å². The van der Waals surface area contributed by atoms with Crippen molar-refractivity contribution in [1.82, 2.24) is 5.32 Å². The minimum atomic E-state index is -0.308. The van der Waals surface area contributed by atoms with Crippen LogP contribution in [0.5, 0.6) is 0 Å². The van der Waals surface area contributed by atoms with Crippen molar-refractivity contribution in [2.75, 3.05) is 6.61 Å². The summed E-state index contributed by atoms with van der Waals surface area (Å²) in [7, 11) is 0. The van der Waals surface area contributed by atoms with Gasteiger partial charge in [0.05, 0.1) is 6.61 Å². The highest BCUT2D eigenvalue weighted by molar-refractivity contribution is 5.77. The summed E-state index contributed by atoms with van der Waals surface area (Å²) in [6.07, 6.45) is 5.74. The molecule has 0 heterocycles. The van der Waals surface area contributed by atoms with E-state index in [4.69, 9.17) is 10.8 Å². The standard InChI is InChI=1S/C11H22N2O2/c1-9(8-14)13-10(15)7-11(12)5-3-2-4-6-11/h9,14H,2-8,12H2,1H3,(H,13,15)/t9-/m0/s1. The molecule has 0 aliphatic heterocycles. The molecule has 1 aliphatic carbocycles. The SMILES string of the molecule is C[C@@H](CO)NC(=O)CC1(N)CCCCC1. The normalized spacial score (nSPS) is 22.1. The third kappa shape index (κ3) is 4.18.